The number of benzene rings is 2. The molecule has 0 amide bonds. The minimum Gasteiger partial charge on any atom is -0.481 e. The lowest BCUT2D eigenvalue weighted by Crippen LogP contribution is -2.26. The van der Waals surface area contributed by atoms with Crippen LogP contribution < -0.4 is 4.72 Å². The molecule has 0 bridgehead atoms. The van der Waals surface area contributed by atoms with Gasteiger partial charge in [-0.2, -0.15) is 0 Å². The molecule has 144 valence electrons. The number of non-ortho nitro benzene ring substituents is 1. The van der Waals surface area contributed by atoms with Crippen molar-refractivity contribution >= 4 is 33.4 Å². The average molecular weight is 410 g/mol. The summed E-state index contributed by atoms with van der Waals surface area (Å²) in [6, 6.07) is 12.1. The number of carbonyl (C=O) groups is 1. The smallest absolute Gasteiger partial charge is 0.303 e. The van der Waals surface area contributed by atoms with Crippen LogP contribution in [0.15, 0.2) is 58.3 Å². The monoisotopic (exact) mass is 410 g/mol. The van der Waals surface area contributed by atoms with Crippen molar-refractivity contribution in [3.05, 3.63) is 64.2 Å². The van der Waals surface area contributed by atoms with Crippen molar-refractivity contribution in [2.45, 2.75) is 22.6 Å². The molecule has 27 heavy (non-hydrogen) atoms. The van der Waals surface area contributed by atoms with Crippen LogP contribution in [0.4, 0.5) is 5.69 Å². The number of hydrogen-bond donors (Lipinski definition) is 2. The Kier molecular flexibility index (Phi) is 7.34. The zero-order valence-electron chi connectivity index (χ0n) is 14.2. The first-order valence-corrected chi connectivity index (χ1v) is 10.4. The second-order valence-electron chi connectivity index (χ2n) is 5.53. The van der Waals surface area contributed by atoms with E-state index in [0.717, 1.165) is 22.6 Å². The van der Waals surface area contributed by atoms with Crippen molar-refractivity contribution in [1.29, 1.82) is 0 Å². The van der Waals surface area contributed by atoms with E-state index in [1.807, 2.05) is 24.3 Å². The highest BCUT2D eigenvalue weighted by atomic mass is 32.2. The van der Waals surface area contributed by atoms with Crippen LogP contribution in [0.3, 0.4) is 0 Å². The van der Waals surface area contributed by atoms with Crippen LogP contribution in [-0.4, -0.2) is 36.7 Å². The van der Waals surface area contributed by atoms with E-state index in [9.17, 15) is 23.3 Å². The quantitative estimate of drug-likeness (QED) is 0.267. The summed E-state index contributed by atoms with van der Waals surface area (Å²) in [6.45, 7) is 0.199. The normalized spacial score (nSPS) is 11.3. The third kappa shape index (κ3) is 6.66. The fraction of sp³-hybridized carbons (Fsp3) is 0.235. The van der Waals surface area contributed by atoms with Crippen molar-refractivity contribution in [3.63, 3.8) is 0 Å². The van der Waals surface area contributed by atoms with Gasteiger partial charge < -0.3 is 5.11 Å². The Balaban J connectivity index is 1.81. The lowest BCUT2D eigenvalue weighted by atomic mass is 10.1. The molecule has 2 aromatic rings. The van der Waals surface area contributed by atoms with E-state index in [1.165, 1.54) is 23.9 Å². The Hall–Kier alpha value is -2.43. The van der Waals surface area contributed by atoms with Gasteiger partial charge >= 0.3 is 5.97 Å². The second-order valence-corrected chi connectivity index (χ2v) is 8.47. The van der Waals surface area contributed by atoms with Gasteiger partial charge in [-0.15, -0.1) is 11.8 Å². The molecule has 0 heterocycles. The third-order valence-corrected chi connectivity index (χ3v) is 6.06. The van der Waals surface area contributed by atoms with E-state index < -0.39 is 20.9 Å². The van der Waals surface area contributed by atoms with Gasteiger partial charge in [0, 0.05) is 35.7 Å². The van der Waals surface area contributed by atoms with Gasteiger partial charge in [-0.25, -0.2) is 13.1 Å². The highest BCUT2D eigenvalue weighted by Crippen LogP contribution is 2.19. The van der Waals surface area contributed by atoms with Gasteiger partial charge in [-0.1, -0.05) is 12.1 Å². The standard InChI is InChI=1S/C17H18N2O6S2/c20-17(21)10-3-13-1-6-15(7-2-13)26-12-11-18-27(24,25)16-8-4-14(5-9-16)19(22)23/h1-2,4-9,18H,3,10-12H2,(H,20,21). The molecule has 0 saturated heterocycles. The molecule has 0 aromatic heterocycles. The minimum atomic E-state index is -3.72. The highest BCUT2D eigenvalue weighted by Gasteiger charge is 2.15. The number of aryl methyl sites for hydroxylation is 1. The largest absolute Gasteiger partial charge is 0.481 e. The fourth-order valence-electron chi connectivity index (χ4n) is 2.18. The van der Waals surface area contributed by atoms with Gasteiger partial charge in [0.15, 0.2) is 0 Å². The number of hydrogen-bond acceptors (Lipinski definition) is 6. The van der Waals surface area contributed by atoms with Crippen LogP contribution >= 0.6 is 11.8 Å². The van der Waals surface area contributed by atoms with Crippen molar-refractivity contribution < 1.29 is 23.2 Å². The summed E-state index contributed by atoms with van der Waals surface area (Å²) in [5.41, 5.74) is 0.761. The minimum absolute atomic E-state index is 0.0270. The highest BCUT2D eigenvalue weighted by molar-refractivity contribution is 7.99. The molecule has 0 fully saturated rings. The maximum absolute atomic E-state index is 12.2. The van der Waals surface area contributed by atoms with Crippen LogP contribution in [0.1, 0.15) is 12.0 Å². The summed E-state index contributed by atoms with van der Waals surface area (Å²) in [6.07, 6.45) is 0.548. The molecule has 0 radical (unpaired) electrons. The van der Waals surface area contributed by atoms with E-state index >= 15 is 0 Å². The molecule has 0 aliphatic rings. The maximum Gasteiger partial charge on any atom is 0.303 e. The Labute approximate surface area is 160 Å². The number of nitro benzene ring substituents is 1. The molecule has 0 spiro atoms. The predicted octanol–water partition coefficient (Wildman–Crippen LogP) is 2.68. The summed E-state index contributed by atoms with van der Waals surface area (Å²) in [7, 11) is -3.72. The molecule has 8 nitrogen and oxygen atoms in total. The van der Waals surface area contributed by atoms with Crippen LogP contribution in [0.25, 0.3) is 0 Å². The molecule has 10 heteroatoms. The maximum atomic E-state index is 12.2. The summed E-state index contributed by atoms with van der Waals surface area (Å²) in [5, 5.41) is 19.3. The van der Waals surface area contributed by atoms with E-state index in [2.05, 4.69) is 4.72 Å². The number of carboxylic acid groups (broad SMARTS) is 1. The molecule has 0 aliphatic carbocycles. The van der Waals surface area contributed by atoms with Gasteiger partial charge in [0.1, 0.15) is 0 Å². The van der Waals surface area contributed by atoms with E-state index in [0.29, 0.717) is 12.2 Å². The summed E-state index contributed by atoms with van der Waals surface area (Å²) in [4.78, 5) is 21.5. The number of aliphatic carboxylic acids is 1. The van der Waals surface area contributed by atoms with Crippen molar-refractivity contribution in [2.75, 3.05) is 12.3 Å². The number of rotatable bonds is 10. The Morgan fingerprint density at radius 1 is 1.11 bits per heavy atom. The number of nitrogens with one attached hydrogen (secondary N) is 1. The van der Waals surface area contributed by atoms with Gasteiger partial charge in [0.05, 0.1) is 9.82 Å². The molecule has 0 atom stereocenters. The number of thioether (sulfide) groups is 1. The topological polar surface area (TPSA) is 127 Å². The summed E-state index contributed by atoms with van der Waals surface area (Å²) < 4.78 is 26.8. The fourth-order valence-corrected chi connectivity index (χ4v) is 4.11. The Bertz CT molecular complexity index is 896. The van der Waals surface area contributed by atoms with E-state index in [-0.39, 0.29) is 23.5 Å². The van der Waals surface area contributed by atoms with Crippen molar-refractivity contribution in [1.82, 2.24) is 4.72 Å². The average Bonchev–Trinajstić information content (AvgIpc) is 2.64. The number of nitro groups is 1. The molecule has 2 rings (SSSR count). The second kappa shape index (κ2) is 9.49. The SMILES string of the molecule is O=C(O)CCc1ccc(SCCNS(=O)(=O)c2ccc([N+](=O)[O-])cc2)cc1. The Morgan fingerprint density at radius 2 is 1.74 bits per heavy atom. The summed E-state index contributed by atoms with van der Waals surface area (Å²) >= 11 is 1.46. The lowest BCUT2D eigenvalue weighted by Gasteiger charge is -2.07. The first kappa shape index (κ1) is 20.9. The predicted molar refractivity (Wildman–Crippen MR) is 101 cm³/mol. The molecule has 0 unspecified atom stereocenters. The zero-order valence-corrected chi connectivity index (χ0v) is 15.8. The lowest BCUT2D eigenvalue weighted by molar-refractivity contribution is -0.384. The zero-order chi connectivity index (χ0) is 19.9. The van der Waals surface area contributed by atoms with E-state index in [1.54, 1.807) is 0 Å². The van der Waals surface area contributed by atoms with Crippen molar-refractivity contribution in [3.8, 4) is 0 Å². The van der Waals surface area contributed by atoms with Gasteiger partial charge in [0.25, 0.3) is 5.69 Å². The molecule has 2 aromatic carbocycles. The Morgan fingerprint density at radius 3 is 2.30 bits per heavy atom. The van der Waals surface area contributed by atoms with Crippen LogP contribution in [-0.2, 0) is 21.2 Å². The number of carboxylic acids is 1. The number of nitrogens with zero attached hydrogens (tertiary/aromatic N) is 1. The van der Waals surface area contributed by atoms with Crippen LogP contribution in [0.5, 0.6) is 0 Å². The first-order valence-electron chi connectivity index (χ1n) is 7.95. The van der Waals surface area contributed by atoms with Crippen molar-refractivity contribution in [2.24, 2.45) is 0 Å². The van der Waals surface area contributed by atoms with Crippen LogP contribution in [0.2, 0.25) is 0 Å². The molecule has 2 N–H and O–H groups in total. The molecular formula is C17H18N2O6S2. The third-order valence-electron chi connectivity index (χ3n) is 3.57. The molecule has 0 saturated carbocycles. The molecular weight excluding hydrogens is 392 g/mol. The first-order chi connectivity index (χ1) is 12.8. The summed E-state index contributed by atoms with van der Waals surface area (Å²) in [5.74, 6) is -0.338. The van der Waals surface area contributed by atoms with Gasteiger partial charge in [-0.3, -0.25) is 14.9 Å². The van der Waals surface area contributed by atoms with E-state index in [4.69, 9.17) is 5.11 Å². The van der Waals surface area contributed by atoms with Crippen LogP contribution in [0, 0.1) is 10.1 Å². The molecule has 0 aliphatic heterocycles. The number of sulfonamides is 1. The van der Waals surface area contributed by atoms with Gasteiger partial charge in [0.2, 0.25) is 10.0 Å². The van der Waals surface area contributed by atoms with Gasteiger partial charge in [-0.05, 0) is 36.2 Å².